The standard InChI is InChI=1S/C14H12ClN7O2/c15-10-3-1-9(2-4-10)12-6-5-11(24-12)7-17-18-13(23)8-22-14(16)19-20-21-22/h1-7H,8H2,(H,18,23)(H2,16,19,21)/b17-7+. The van der Waals surface area contributed by atoms with Crippen LogP contribution >= 0.6 is 11.6 Å². The summed E-state index contributed by atoms with van der Waals surface area (Å²) < 4.78 is 6.76. The Bertz CT molecular complexity index is 869. The molecule has 2 heterocycles. The summed E-state index contributed by atoms with van der Waals surface area (Å²) in [7, 11) is 0. The molecule has 3 rings (SSSR count). The Morgan fingerprint density at radius 1 is 1.33 bits per heavy atom. The van der Waals surface area contributed by atoms with Gasteiger partial charge in [0.05, 0.1) is 6.21 Å². The van der Waals surface area contributed by atoms with E-state index in [4.69, 9.17) is 21.8 Å². The molecule has 0 aliphatic heterocycles. The Morgan fingerprint density at radius 2 is 2.12 bits per heavy atom. The number of nitrogens with two attached hydrogens (primary N) is 1. The van der Waals surface area contributed by atoms with Crippen LogP contribution in [-0.2, 0) is 11.3 Å². The van der Waals surface area contributed by atoms with E-state index in [0.29, 0.717) is 16.5 Å². The van der Waals surface area contributed by atoms with Crippen molar-refractivity contribution in [2.75, 3.05) is 5.73 Å². The average molecular weight is 346 g/mol. The van der Waals surface area contributed by atoms with E-state index >= 15 is 0 Å². The number of anilines is 1. The molecule has 0 radical (unpaired) electrons. The predicted octanol–water partition coefficient (Wildman–Crippen LogP) is 1.32. The summed E-state index contributed by atoms with van der Waals surface area (Å²) in [6.07, 6.45) is 1.39. The van der Waals surface area contributed by atoms with E-state index in [-0.39, 0.29) is 12.5 Å². The number of hydrazone groups is 1. The van der Waals surface area contributed by atoms with Crippen LogP contribution in [0.5, 0.6) is 0 Å². The van der Waals surface area contributed by atoms with Crippen LogP contribution in [0.3, 0.4) is 0 Å². The van der Waals surface area contributed by atoms with Gasteiger partial charge < -0.3 is 10.2 Å². The van der Waals surface area contributed by atoms with Gasteiger partial charge in [-0.3, -0.25) is 4.79 Å². The molecule has 0 saturated heterocycles. The fraction of sp³-hybridized carbons (Fsp3) is 0.0714. The van der Waals surface area contributed by atoms with Gasteiger partial charge in [-0.05, 0) is 46.8 Å². The number of furan rings is 1. The molecule has 9 nitrogen and oxygen atoms in total. The lowest BCUT2D eigenvalue weighted by Gasteiger charge is -1.99. The summed E-state index contributed by atoms with van der Waals surface area (Å²) in [6, 6.07) is 10.8. The van der Waals surface area contributed by atoms with Crippen molar-refractivity contribution in [3.8, 4) is 11.3 Å². The Hall–Kier alpha value is -3.20. The highest BCUT2D eigenvalue weighted by Gasteiger charge is 2.07. The second kappa shape index (κ2) is 6.92. The number of carbonyl (C=O) groups is 1. The Labute approximate surface area is 141 Å². The van der Waals surface area contributed by atoms with Gasteiger partial charge >= 0.3 is 0 Å². The number of rotatable bonds is 5. The number of tetrazole rings is 1. The first-order valence-corrected chi connectivity index (χ1v) is 7.19. The lowest BCUT2D eigenvalue weighted by Crippen LogP contribution is -2.24. The van der Waals surface area contributed by atoms with Gasteiger partial charge in [-0.2, -0.15) is 5.10 Å². The van der Waals surface area contributed by atoms with E-state index in [0.717, 1.165) is 10.2 Å². The number of halogens is 1. The van der Waals surface area contributed by atoms with E-state index in [1.807, 2.05) is 12.1 Å². The third-order valence-electron chi connectivity index (χ3n) is 2.99. The molecule has 24 heavy (non-hydrogen) atoms. The lowest BCUT2D eigenvalue weighted by atomic mass is 10.2. The van der Waals surface area contributed by atoms with E-state index in [1.54, 1.807) is 24.3 Å². The van der Waals surface area contributed by atoms with Crippen molar-refractivity contribution in [3.05, 3.63) is 47.2 Å². The maximum atomic E-state index is 11.7. The van der Waals surface area contributed by atoms with Crippen molar-refractivity contribution < 1.29 is 9.21 Å². The largest absolute Gasteiger partial charge is 0.455 e. The number of aromatic nitrogens is 4. The summed E-state index contributed by atoms with van der Waals surface area (Å²) in [6.45, 7) is -0.135. The molecule has 0 aliphatic carbocycles. The van der Waals surface area contributed by atoms with E-state index in [2.05, 4.69) is 26.1 Å². The maximum Gasteiger partial charge on any atom is 0.261 e. The van der Waals surface area contributed by atoms with Crippen LogP contribution in [0, 0.1) is 0 Å². The number of benzene rings is 1. The number of hydrogen-bond acceptors (Lipinski definition) is 7. The Balaban J connectivity index is 1.58. The molecule has 0 spiro atoms. The fourth-order valence-electron chi connectivity index (χ4n) is 1.85. The van der Waals surface area contributed by atoms with Crippen LogP contribution in [0.2, 0.25) is 5.02 Å². The van der Waals surface area contributed by atoms with E-state index in [9.17, 15) is 4.79 Å². The smallest absolute Gasteiger partial charge is 0.261 e. The quantitative estimate of drug-likeness (QED) is 0.530. The number of nitrogens with one attached hydrogen (secondary N) is 1. The summed E-state index contributed by atoms with van der Waals surface area (Å²) in [5.74, 6) is 0.783. The first-order valence-electron chi connectivity index (χ1n) is 6.81. The first kappa shape index (κ1) is 15.7. The van der Waals surface area contributed by atoms with E-state index < -0.39 is 5.91 Å². The monoisotopic (exact) mass is 345 g/mol. The first-order chi connectivity index (χ1) is 11.6. The summed E-state index contributed by atoms with van der Waals surface area (Å²) in [5, 5.41) is 14.8. The second-order valence-corrected chi connectivity index (χ2v) is 5.13. The minimum absolute atomic E-state index is 0.0489. The van der Waals surface area contributed by atoms with Gasteiger partial charge in [0.15, 0.2) is 0 Å². The van der Waals surface area contributed by atoms with Crippen molar-refractivity contribution in [1.29, 1.82) is 0 Å². The molecule has 10 heteroatoms. The number of nitrogens with zero attached hydrogens (tertiary/aromatic N) is 5. The molecule has 3 N–H and O–H groups in total. The summed E-state index contributed by atoms with van der Waals surface area (Å²) in [5.41, 5.74) is 8.68. The molecule has 1 aromatic carbocycles. The topological polar surface area (TPSA) is 124 Å². The van der Waals surface area contributed by atoms with Crippen molar-refractivity contribution in [2.24, 2.45) is 5.10 Å². The van der Waals surface area contributed by atoms with Gasteiger partial charge in [0.2, 0.25) is 5.95 Å². The van der Waals surface area contributed by atoms with Gasteiger partial charge in [-0.15, -0.1) is 0 Å². The fourth-order valence-corrected chi connectivity index (χ4v) is 1.98. The predicted molar refractivity (Wildman–Crippen MR) is 87.1 cm³/mol. The van der Waals surface area contributed by atoms with Gasteiger partial charge in [0.1, 0.15) is 18.1 Å². The van der Waals surface area contributed by atoms with E-state index in [1.165, 1.54) is 6.21 Å². The summed E-state index contributed by atoms with van der Waals surface area (Å²) in [4.78, 5) is 11.7. The summed E-state index contributed by atoms with van der Waals surface area (Å²) >= 11 is 5.85. The molecule has 0 bridgehead atoms. The minimum atomic E-state index is -0.422. The third-order valence-corrected chi connectivity index (χ3v) is 3.24. The van der Waals surface area contributed by atoms with Crippen LogP contribution in [0.1, 0.15) is 5.76 Å². The average Bonchev–Trinajstić information content (AvgIpc) is 3.18. The highest BCUT2D eigenvalue weighted by atomic mass is 35.5. The highest BCUT2D eigenvalue weighted by molar-refractivity contribution is 6.30. The molecule has 1 amide bonds. The van der Waals surface area contributed by atoms with Crippen molar-refractivity contribution in [1.82, 2.24) is 25.6 Å². The highest BCUT2D eigenvalue weighted by Crippen LogP contribution is 2.23. The molecule has 122 valence electrons. The van der Waals surface area contributed by atoms with Crippen molar-refractivity contribution in [2.45, 2.75) is 6.54 Å². The minimum Gasteiger partial charge on any atom is -0.455 e. The maximum absolute atomic E-state index is 11.7. The SMILES string of the molecule is Nc1nnnn1CC(=O)N/N=C/c1ccc(-c2ccc(Cl)cc2)o1. The van der Waals surface area contributed by atoms with Crippen LogP contribution in [0.4, 0.5) is 5.95 Å². The molecule has 0 fully saturated rings. The molecule has 0 saturated carbocycles. The molecular weight excluding hydrogens is 334 g/mol. The molecule has 0 aliphatic rings. The van der Waals surface area contributed by atoms with Crippen molar-refractivity contribution >= 4 is 29.7 Å². The molecule has 0 unspecified atom stereocenters. The molecule has 2 aromatic heterocycles. The van der Waals surface area contributed by atoms with Gasteiger partial charge in [0, 0.05) is 10.6 Å². The second-order valence-electron chi connectivity index (χ2n) is 4.70. The van der Waals surface area contributed by atoms with Crippen LogP contribution in [-0.4, -0.2) is 32.3 Å². The van der Waals surface area contributed by atoms with Crippen molar-refractivity contribution in [3.63, 3.8) is 0 Å². The molecule has 3 aromatic rings. The lowest BCUT2D eigenvalue weighted by molar-refractivity contribution is -0.121. The zero-order valence-electron chi connectivity index (χ0n) is 12.3. The Morgan fingerprint density at radius 3 is 2.83 bits per heavy atom. The van der Waals surface area contributed by atoms with Gasteiger partial charge in [-0.1, -0.05) is 16.7 Å². The zero-order valence-corrected chi connectivity index (χ0v) is 13.0. The van der Waals surface area contributed by atoms with Gasteiger partial charge in [-0.25, -0.2) is 10.1 Å². The van der Waals surface area contributed by atoms with Crippen LogP contribution in [0.15, 0.2) is 45.9 Å². The zero-order chi connectivity index (χ0) is 16.9. The van der Waals surface area contributed by atoms with Gasteiger partial charge in [0.25, 0.3) is 5.91 Å². The number of nitrogen functional groups attached to an aromatic ring is 1. The molecule has 0 atom stereocenters. The number of hydrogen-bond donors (Lipinski definition) is 2. The molecular formula is C14H12ClN7O2. The number of carbonyl (C=O) groups excluding carboxylic acids is 1. The number of amides is 1. The third kappa shape index (κ3) is 3.76. The van der Waals surface area contributed by atoms with Crippen LogP contribution < -0.4 is 11.2 Å². The van der Waals surface area contributed by atoms with Crippen LogP contribution in [0.25, 0.3) is 11.3 Å². The normalized spacial score (nSPS) is 11.0. The Kier molecular flexibility index (Phi) is 4.52.